The van der Waals surface area contributed by atoms with Crippen molar-refractivity contribution in [3.05, 3.63) is 30.0 Å². The average molecular weight is 287 g/mol. The fraction of sp³-hybridized carbons (Fsp3) is 0.588. The first-order valence-corrected chi connectivity index (χ1v) is 8.11. The Balaban J connectivity index is 1.44. The molecule has 1 saturated carbocycles. The summed E-state index contributed by atoms with van der Waals surface area (Å²) in [6.45, 7) is 6.69. The molecular weight excluding hydrogens is 262 g/mol. The second-order valence-corrected chi connectivity index (χ2v) is 5.83. The van der Waals surface area contributed by atoms with Gasteiger partial charge in [-0.05, 0) is 44.7 Å². The normalized spacial score (nSPS) is 14.9. The fourth-order valence-electron chi connectivity index (χ4n) is 2.61. The quantitative estimate of drug-likeness (QED) is 0.721. The van der Waals surface area contributed by atoms with Gasteiger partial charge in [-0.2, -0.15) is 5.10 Å². The summed E-state index contributed by atoms with van der Waals surface area (Å²) < 4.78 is 7.72. The third-order valence-electron chi connectivity index (χ3n) is 4.02. The molecule has 1 heterocycles. The predicted octanol–water partition coefficient (Wildman–Crippen LogP) is 2.96. The molecule has 3 rings (SSSR count). The van der Waals surface area contributed by atoms with Gasteiger partial charge in [0.15, 0.2) is 0 Å². The Morgan fingerprint density at radius 3 is 3.00 bits per heavy atom. The molecule has 0 unspecified atom stereocenters. The van der Waals surface area contributed by atoms with Crippen LogP contribution in [0.5, 0.6) is 0 Å². The first-order chi connectivity index (χ1) is 10.4. The van der Waals surface area contributed by atoms with Gasteiger partial charge in [0, 0.05) is 31.7 Å². The number of fused-ring (bicyclic) bond motifs is 1. The number of nitrogens with zero attached hydrogens (tertiary/aromatic N) is 2. The van der Waals surface area contributed by atoms with Crippen LogP contribution in [0.2, 0.25) is 0 Å². The molecule has 0 bridgehead atoms. The molecule has 21 heavy (non-hydrogen) atoms. The molecule has 1 aromatic carbocycles. The Bertz CT molecular complexity index is 574. The van der Waals surface area contributed by atoms with E-state index >= 15 is 0 Å². The van der Waals surface area contributed by atoms with Crippen molar-refractivity contribution in [1.82, 2.24) is 15.1 Å². The maximum absolute atomic E-state index is 5.64. The molecule has 0 amide bonds. The van der Waals surface area contributed by atoms with Crippen LogP contribution in [0.15, 0.2) is 24.3 Å². The van der Waals surface area contributed by atoms with Gasteiger partial charge in [0.25, 0.3) is 0 Å². The largest absolute Gasteiger partial charge is 0.381 e. The van der Waals surface area contributed by atoms with E-state index in [0.717, 1.165) is 50.9 Å². The van der Waals surface area contributed by atoms with Gasteiger partial charge in [-0.1, -0.05) is 18.2 Å². The molecule has 1 aromatic heterocycles. The Labute approximate surface area is 126 Å². The fourth-order valence-corrected chi connectivity index (χ4v) is 2.61. The number of benzene rings is 1. The lowest BCUT2D eigenvalue weighted by atomic mass is 10.2. The van der Waals surface area contributed by atoms with E-state index in [1.807, 2.05) is 0 Å². The van der Waals surface area contributed by atoms with Crippen molar-refractivity contribution in [1.29, 1.82) is 0 Å². The molecule has 114 valence electrons. The highest BCUT2D eigenvalue weighted by Gasteiger charge is 2.20. The summed E-state index contributed by atoms with van der Waals surface area (Å²) in [5.41, 5.74) is 2.37. The Morgan fingerprint density at radius 2 is 2.19 bits per heavy atom. The van der Waals surface area contributed by atoms with E-state index in [-0.39, 0.29) is 0 Å². The highest BCUT2D eigenvalue weighted by molar-refractivity contribution is 5.81. The summed E-state index contributed by atoms with van der Waals surface area (Å²) in [4.78, 5) is 0. The molecule has 4 heteroatoms. The summed E-state index contributed by atoms with van der Waals surface area (Å²) in [5, 5.41) is 9.44. The number of hydrogen-bond donors (Lipinski definition) is 1. The minimum atomic E-state index is 0.830. The van der Waals surface area contributed by atoms with Crippen molar-refractivity contribution in [3.63, 3.8) is 0 Å². The Hall–Kier alpha value is -1.39. The molecule has 0 saturated heterocycles. The van der Waals surface area contributed by atoms with Crippen LogP contribution in [0.25, 0.3) is 10.9 Å². The van der Waals surface area contributed by atoms with Crippen LogP contribution in [0.1, 0.15) is 31.9 Å². The second kappa shape index (κ2) is 7.05. The van der Waals surface area contributed by atoms with Gasteiger partial charge in [0.1, 0.15) is 0 Å². The van der Waals surface area contributed by atoms with Crippen molar-refractivity contribution >= 4 is 10.9 Å². The third kappa shape index (κ3) is 3.83. The van der Waals surface area contributed by atoms with Gasteiger partial charge >= 0.3 is 0 Å². The van der Waals surface area contributed by atoms with Gasteiger partial charge in [-0.25, -0.2) is 0 Å². The van der Waals surface area contributed by atoms with Crippen molar-refractivity contribution in [3.8, 4) is 0 Å². The van der Waals surface area contributed by atoms with Crippen LogP contribution in [-0.2, 0) is 17.8 Å². The van der Waals surface area contributed by atoms with Crippen molar-refractivity contribution in [2.45, 2.75) is 39.3 Å². The SMILES string of the molecule is CCn1nc(CNCCCOCC2CC2)c2ccccc21. The smallest absolute Gasteiger partial charge is 0.0841 e. The van der Waals surface area contributed by atoms with Gasteiger partial charge < -0.3 is 10.1 Å². The molecule has 1 N–H and O–H groups in total. The highest BCUT2D eigenvalue weighted by atomic mass is 16.5. The standard InChI is InChI=1S/C17H25N3O/c1-2-20-17-7-4-3-6-15(17)16(19-20)12-18-10-5-11-21-13-14-8-9-14/h3-4,6-7,14,18H,2,5,8-13H2,1H3. The van der Waals surface area contributed by atoms with Crippen molar-refractivity contribution in [2.24, 2.45) is 5.92 Å². The van der Waals surface area contributed by atoms with E-state index in [1.165, 1.54) is 23.7 Å². The highest BCUT2D eigenvalue weighted by Crippen LogP contribution is 2.28. The van der Waals surface area contributed by atoms with E-state index in [4.69, 9.17) is 9.84 Å². The minimum Gasteiger partial charge on any atom is -0.381 e. The predicted molar refractivity (Wildman–Crippen MR) is 85.3 cm³/mol. The van der Waals surface area contributed by atoms with E-state index in [1.54, 1.807) is 0 Å². The lowest BCUT2D eigenvalue weighted by Gasteiger charge is -2.04. The first-order valence-electron chi connectivity index (χ1n) is 8.11. The van der Waals surface area contributed by atoms with Crippen molar-refractivity contribution < 1.29 is 4.74 Å². The topological polar surface area (TPSA) is 39.1 Å². The lowest BCUT2D eigenvalue weighted by molar-refractivity contribution is 0.122. The third-order valence-corrected chi connectivity index (χ3v) is 4.02. The monoisotopic (exact) mass is 287 g/mol. The minimum absolute atomic E-state index is 0.830. The number of aromatic nitrogens is 2. The number of rotatable bonds is 9. The molecule has 0 radical (unpaired) electrons. The zero-order valence-corrected chi connectivity index (χ0v) is 12.8. The summed E-state index contributed by atoms with van der Waals surface area (Å²) in [6.07, 6.45) is 3.80. The summed E-state index contributed by atoms with van der Waals surface area (Å²) in [5.74, 6) is 0.863. The zero-order chi connectivity index (χ0) is 14.5. The number of para-hydroxylation sites is 1. The molecule has 2 aromatic rings. The van der Waals surface area contributed by atoms with Crippen LogP contribution < -0.4 is 5.32 Å². The average Bonchev–Trinajstić information content (AvgIpc) is 3.27. The van der Waals surface area contributed by atoms with Crippen LogP contribution >= 0.6 is 0 Å². The molecule has 4 nitrogen and oxygen atoms in total. The molecule has 0 spiro atoms. The molecule has 0 aliphatic heterocycles. The molecule has 0 atom stereocenters. The van der Waals surface area contributed by atoms with Crippen LogP contribution in [-0.4, -0.2) is 29.5 Å². The Morgan fingerprint density at radius 1 is 1.33 bits per heavy atom. The van der Waals surface area contributed by atoms with E-state index in [0.29, 0.717) is 0 Å². The van der Waals surface area contributed by atoms with Crippen LogP contribution in [0.3, 0.4) is 0 Å². The van der Waals surface area contributed by atoms with Crippen LogP contribution in [0.4, 0.5) is 0 Å². The number of ether oxygens (including phenoxy) is 1. The summed E-state index contributed by atoms with van der Waals surface area (Å²) in [6, 6.07) is 8.45. The zero-order valence-electron chi connectivity index (χ0n) is 12.8. The second-order valence-electron chi connectivity index (χ2n) is 5.83. The maximum Gasteiger partial charge on any atom is 0.0841 e. The maximum atomic E-state index is 5.64. The van der Waals surface area contributed by atoms with Crippen molar-refractivity contribution in [2.75, 3.05) is 19.8 Å². The van der Waals surface area contributed by atoms with E-state index < -0.39 is 0 Å². The first kappa shape index (κ1) is 14.5. The Kier molecular flexibility index (Phi) is 4.88. The van der Waals surface area contributed by atoms with E-state index in [2.05, 4.69) is 41.2 Å². The number of aryl methyl sites for hydroxylation is 1. The van der Waals surface area contributed by atoms with E-state index in [9.17, 15) is 0 Å². The lowest BCUT2D eigenvalue weighted by Crippen LogP contribution is -2.17. The van der Waals surface area contributed by atoms with Gasteiger partial charge in [0.05, 0.1) is 11.2 Å². The molecular formula is C17H25N3O. The molecule has 1 aliphatic rings. The number of hydrogen-bond acceptors (Lipinski definition) is 3. The molecule has 1 aliphatic carbocycles. The molecule has 1 fully saturated rings. The van der Waals surface area contributed by atoms with Gasteiger partial charge in [-0.3, -0.25) is 4.68 Å². The summed E-state index contributed by atoms with van der Waals surface area (Å²) in [7, 11) is 0. The van der Waals surface area contributed by atoms with Crippen LogP contribution in [0, 0.1) is 5.92 Å². The van der Waals surface area contributed by atoms with Gasteiger partial charge in [0.2, 0.25) is 0 Å². The number of nitrogens with one attached hydrogen (secondary N) is 1. The summed E-state index contributed by atoms with van der Waals surface area (Å²) >= 11 is 0. The van der Waals surface area contributed by atoms with Gasteiger partial charge in [-0.15, -0.1) is 0 Å².